The minimum atomic E-state index is -2.79. The molecule has 6 rings (SSSR count). The Morgan fingerprint density at radius 1 is 0.419 bits per heavy atom. The van der Waals surface area contributed by atoms with E-state index in [0.717, 1.165) is 0 Å². The van der Waals surface area contributed by atoms with Crippen LogP contribution in [0.15, 0.2) is 97.1 Å². The maximum atomic E-state index is 2.68. The summed E-state index contributed by atoms with van der Waals surface area (Å²) < 4.78 is 0.124. The molecule has 0 amide bonds. The molecule has 31 heavy (non-hydrogen) atoms. The van der Waals surface area contributed by atoms with Crippen molar-refractivity contribution in [2.75, 3.05) is 0 Å². The molecule has 4 aromatic carbocycles. The SMILES string of the molecule is C[C]1([Ge]([CH3])([CH3])[C]2(C)c3ccccc3-c3ccccc32)c2ccccc2-c2ccccc21. The van der Waals surface area contributed by atoms with Crippen molar-refractivity contribution in [3.63, 3.8) is 0 Å². The van der Waals surface area contributed by atoms with E-state index >= 15 is 0 Å². The summed E-state index contributed by atoms with van der Waals surface area (Å²) in [4.78, 5) is 0. The summed E-state index contributed by atoms with van der Waals surface area (Å²) in [6.07, 6.45) is 0. The molecule has 2 aliphatic rings. The predicted octanol–water partition coefficient (Wildman–Crippen LogP) is 7.75. The van der Waals surface area contributed by atoms with Crippen molar-refractivity contribution >= 4 is 13.3 Å². The molecule has 0 N–H and O–H groups in total. The monoisotopic (exact) mass is 462 g/mol. The minimum absolute atomic E-state index is 0.0620. The van der Waals surface area contributed by atoms with E-state index in [4.69, 9.17) is 0 Å². The molecule has 0 atom stereocenters. The summed E-state index contributed by atoms with van der Waals surface area (Å²) in [5.74, 6) is 5.36. The Morgan fingerprint density at radius 2 is 0.645 bits per heavy atom. The van der Waals surface area contributed by atoms with Gasteiger partial charge in [0.25, 0.3) is 0 Å². The van der Waals surface area contributed by atoms with E-state index in [1.165, 1.54) is 44.5 Å². The van der Waals surface area contributed by atoms with Crippen molar-refractivity contribution in [2.45, 2.75) is 33.9 Å². The van der Waals surface area contributed by atoms with Gasteiger partial charge < -0.3 is 0 Å². The molecule has 152 valence electrons. The molecule has 0 saturated heterocycles. The molecule has 0 radical (unpaired) electrons. The fourth-order valence-corrected chi connectivity index (χ4v) is 16.3. The summed E-state index contributed by atoms with van der Waals surface area (Å²) in [5, 5.41) is 0. The van der Waals surface area contributed by atoms with Gasteiger partial charge in [0.05, 0.1) is 0 Å². The molecular formula is C30H28Ge. The van der Waals surface area contributed by atoms with Crippen molar-refractivity contribution in [3.05, 3.63) is 119 Å². The second-order valence-corrected chi connectivity index (χ2v) is 21.1. The second kappa shape index (κ2) is 6.23. The topological polar surface area (TPSA) is 0 Å². The first-order chi connectivity index (χ1) is 14.9. The summed E-state index contributed by atoms with van der Waals surface area (Å²) in [6, 6.07) is 36.7. The van der Waals surface area contributed by atoms with Crippen LogP contribution in [0.4, 0.5) is 0 Å². The molecule has 0 unspecified atom stereocenters. The van der Waals surface area contributed by atoms with Crippen LogP contribution < -0.4 is 0 Å². The van der Waals surface area contributed by atoms with Crippen LogP contribution in [-0.4, -0.2) is 13.3 Å². The Hall–Kier alpha value is -2.58. The molecule has 0 aromatic heterocycles. The van der Waals surface area contributed by atoms with Gasteiger partial charge in [0.1, 0.15) is 0 Å². The van der Waals surface area contributed by atoms with Crippen LogP contribution in [0, 0.1) is 0 Å². The van der Waals surface area contributed by atoms with E-state index in [9.17, 15) is 0 Å². The van der Waals surface area contributed by atoms with Gasteiger partial charge in [0, 0.05) is 0 Å². The van der Waals surface area contributed by atoms with Crippen LogP contribution >= 0.6 is 0 Å². The fraction of sp³-hybridized carbons (Fsp3) is 0.200. The standard InChI is InChI=1S/C30H28Ge/c1-29(25-17-9-5-13-21(25)22-14-6-10-18-26(22)29)31(3,4)30(2)27-19-11-7-15-23(27)24-16-8-12-20-28(24)30/h5-20H,1-4H3. The van der Waals surface area contributed by atoms with E-state index in [2.05, 4.69) is 122 Å². The molecule has 0 saturated carbocycles. The zero-order valence-electron chi connectivity index (χ0n) is 18.7. The third-order valence-electron chi connectivity index (χ3n) is 8.94. The average Bonchev–Trinajstić information content (AvgIpc) is 3.24. The van der Waals surface area contributed by atoms with Gasteiger partial charge in [-0.05, 0) is 0 Å². The normalized spacial score (nSPS) is 16.9. The first-order valence-electron chi connectivity index (χ1n) is 11.3. The first kappa shape index (κ1) is 19.1. The zero-order chi connectivity index (χ0) is 21.4. The molecule has 0 bridgehead atoms. The van der Waals surface area contributed by atoms with Crippen LogP contribution in [0.1, 0.15) is 36.1 Å². The third kappa shape index (κ3) is 2.12. The molecule has 0 nitrogen and oxygen atoms in total. The van der Waals surface area contributed by atoms with Crippen LogP contribution in [-0.2, 0) is 8.49 Å². The van der Waals surface area contributed by atoms with Crippen molar-refractivity contribution in [1.29, 1.82) is 0 Å². The Labute approximate surface area is 188 Å². The van der Waals surface area contributed by atoms with Gasteiger partial charge in [-0.15, -0.1) is 0 Å². The summed E-state index contributed by atoms with van der Waals surface area (Å²) in [5.41, 5.74) is 11.9. The van der Waals surface area contributed by atoms with Gasteiger partial charge in [-0.2, -0.15) is 0 Å². The Morgan fingerprint density at radius 3 is 0.903 bits per heavy atom. The van der Waals surface area contributed by atoms with E-state index in [-0.39, 0.29) is 8.49 Å². The molecule has 0 aliphatic heterocycles. The Balaban J connectivity index is 1.70. The van der Waals surface area contributed by atoms with Gasteiger partial charge in [-0.25, -0.2) is 0 Å². The molecule has 0 fully saturated rings. The number of hydrogen-bond acceptors (Lipinski definition) is 0. The second-order valence-electron chi connectivity index (χ2n) is 10.1. The van der Waals surface area contributed by atoms with E-state index in [0.29, 0.717) is 0 Å². The molecule has 0 spiro atoms. The fourth-order valence-electron chi connectivity index (χ4n) is 6.75. The van der Waals surface area contributed by atoms with E-state index < -0.39 is 13.3 Å². The van der Waals surface area contributed by atoms with Crippen molar-refractivity contribution in [1.82, 2.24) is 0 Å². The summed E-state index contributed by atoms with van der Waals surface area (Å²) in [6.45, 7) is 5.12. The first-order valence-corrected chi connectivity index (χ1v) is 17.6. The van der Waals surface area contributed by atoms with Gasteiger partial charge in [-0.3, -0.25) is 0 Å². The average molecular weight is 461 g/mol. The molecule has 4 aromatic rings. The Kier molecular flexibility index (Phi) is 3.85. The predicted molar refractivity (Wildman–Crippen MR) is 134 cm³/mol. The van der Waals surface area contributed by atoms with Gasteiger partial charge >= 0.3 is 189 Å². The van der Waals surface area contributed by atoms with Crippen LogP contribution in [0.5, 0.6) is 0 Å². The zero-order valence-corrected chi connectivity index (χ0v) is 20.8. The number of hydrogen-bond donors (Lipinski definition) is 0. The number of rotatable bonds is 2. The summed E-state index contributed by atoms with van der Waals surface area (Å²) in [7, 11) is 0. The number of benzene rings is 4. The quantitative estimate of drug-likeness (QED) is 0.268. The van der Waals surface area contributed by atoms with E-state index in [1.54, 1.807) is 0 Å². The third-order valence-corrected chi connectivity index (χ3v) is 21.7. The van der Waals surface area contributed by atoms with Crippen LogP contribution in [0.25, 0.3) is 22.3 Å². The molecule has 0 heterocycles. The number of fused-ring (bicyclic) bond motifs is 6. The maximum absolute atomic E-state index is 2.79. The van der Waals surface area contributed by atoms with Gasteiger partial charge in [0.2, 0.25) is 0 Å². The van der Waals surface area contributed by atoms with Gasteiger partial charge in [0.15, 0.2) is 0 Å². The molecule has 1 heteroatoms. The van der Waals surface area contributed by atoms with Crippen molar-refractivity contribution in [3.8, 4) is 22.3 Å². The molecular weight excluding hydrogens is 433 g/mol. The van der Waals surface area contributed by atoms with Gasteiger partial charge in [-0.1, -0.05) is 0 Å². The van der Waals surface area contributed by atoms with Crippen LogP contribution in [0.3, 0.4) is 0 Å². The van der Waals surface area contributed by atoms with Crippen molar-refractivity contribution < 1.29 is 0 Å². The van der Waals surface area contributed by atoms with Crippen molar-refractivity contribution in [2.24, 2.45) is 0 Å². The molecule has 2 aliphatic carbocycles. The Bertz CT molecular complexity index is 1150. The van der Waals surface area contributed by atoms with E-state index in [1.807, 2.05) is 0 Å². The van der Waals surface area contributed by atoms with Crippen LogP contribution in [0.2, 0.25) is 11.5 Å². The summed E-state index contributed by atoms with van der Waals surface area (Å²) >= 11 is -2.79.